The second-order valence-corrected chi connectivity index (χ2v) is 5.23. The molecule has 1 heterocycles. The lowest BCUT2D eigenvalue weighted by atomic mass is 10.0. The van der Waals surface area contributed by atoms with Crippen molar-refractivity contribution in [1.29, 1.82) is 0 Å². The van der Waals surface area contributed by atoms with Crippen LogP contribution in [-0.2, 0) is 4.74 Å². The largest absolute Gasteiger partial charge is 0.478 e. The van der Waals surface area contributed by atoms with Gasteiger partial charge in [0, 0.05) is 25.4 Å². The summed E-state index contributed by atoms with van der Waals surface area (Å²) in [4.78, 5) is 22.9. The summed E-state index contributed by atoms with van der Waals surface area (Å²) in [6.45, 7) is 3.81. The fourth-order valence-corrected chi connectivity index (χ4v) is 2.29. The second-order valence-electron chi connectivity index (χ2n) is 5.23. The van der Waals surface area contributed by atoms with Gasteiger partial charge in [-0.25, -0.2) is 9.59 Å². The fourth-order valence-electron chi connectivity index (χ4n) is 2.29. The maximum atomic E-state index is 11.8. The third-order valence-electron chi connectivity index (χ3n) is 3.62. The summed E-state index contributed by atoms with van der Waals surface area (Å²) in [5.41, 5.74) is 1.33. The molecule has 1 fully saturated rings. The Hall–Kier alpha value is -2.08. The van der Waals surface area contributed by atoms with E-state index in [1.54, 1.807) is 19.1 Å². The van der Waals surface area contributed by atoms with Crippen LogP contribution in [0.3, 0.4) is 0 Å². The zero-order valence-corrected chi connectivity index (χ0v) is 12.0. The molecule has 0 aliphatic carbocycles. The normalized spacial score (nSPS) is 15.5. The summed E-state index contributed by atoms with van der Waals surface area (Å²) in [6, 6.07) is 4.51. The number of nitrogens with one attached hydrogen (secondary N) is 2. The van der Waals surface area contributed by atoms with Crippen LogP contribution < -0.4 is 10.6 Å². The number of aromatic carboxylic acids is 1. The number of anilines is 1. The Kier molecular flexibility index (Phi) is 5.16. The Labute approximate surface area is 123 Å². The molecule has 0 bridgehead atoms. The van der Waals surface area contributed by atoms with E-state index in [9.17, 15) is 9.59 Å². The van der Waals surface area contributed by atoms with Gasteiger partial charge in [0.05, 0.1) is 5.56 Å². The number of urea groups is 1. The molecular formula is C15H20N2O4. The highest BCUT2D eigenvalue weighted by Gasteiger charge is 2.15. The first-order valence-corrected chi connectivity index (χ1v) is 7.03. The molecule has 6 nitrogen and oxygen atoms in total. The number of benzene rings is 1. The molecule has 0 unspecified atom stereocenters. The number of rotatable bonds is 4. The Morgan fingerprint density at radius 2 is 2.05 bits per heavy atom. The molecule has 0 spiro atoms. The van der Waals surface area contributed by atoms with E-state index in [1.807, 2.05) is 0 Å². The van der Waals surface area contributed by atoms with Crippen molar-refractivity contribution in [3.8, 4) is 0 Å². The van der Waals surface area contributed by atoms with Gasteiger partial charge in [0.25, 0.3) is 0 Å². The maximum absolute atomic E-state index is 11.8. The van der Waals surface area contributed by atoms with Gasteiger partial charge in [0.2, 0.25) is 0 Å². The summed E-state index contributed by atoms with van der Waals surface area (Å²) in [5, 5.41) is 14.5. The second kappa shape index (κ2) is 7.08. The topological polar surface area (TPSA) is 87.7 Å². The predicted octanol–water partition coefficient (Wildman–Crippen LogP) is 2.24. The van der Waals surface area contributed by atoms with E-state index in [4.69, 9.17) is 9.84 Å². The fraction of sp³-hybridized carbons (Fsp3) is 0.467. The third kappa shape index (κ3) is 4.46. The van der Waals surface area contributed by atoms with Crippen LogP contribution >= 0.6 is 0 Å². The zero-order chi connectivity index (χ0) is 15.2. The molecule has 2 rings (SSSR count). The molecule has 1 aromatic carbocycles. The first-order valence-electron chi connectivity index (χ1n) is 7.03. The van der Waals surface area contributed by atoms with Gasteiger partial charge in [-0.05, 0) is 43.4 Å². The highest BCUT2D eigenvalue weighted by atomic mass is 16.5. The smallest absolute Gasteiger partial charge is 0.336 e. The van der Waals surface area contributed by atoms with Crippen molar-refractivity contribution in [2.24, 2.45) is 5.92 Å². The molecule has 3 N–H and O–H groups in total. The third-order valence-corrected chi connectivity index (χ3v) is 3.62. The lowest BCUT2D eigenvalue weighted by Gasteiger charge is -2.22. The minimum atomic E-state index is -1.00. The summed E-state index contributed by atoms with van der Waals surface area (Å²) in [6.07, 6.45) is 1.90. The molecule has 1 aromatic rings. The number of carboxylic acid groups (broad SMARTS) is 1. The molecule has 21 heavy (non-hydrogen) atoms. The Balaban J connectivity index is 1.87. The number of aryl methyl sites for hydroxylation is 1. The minimum absolute atomic E-state index is 0.192. The van der Waals surface area contributed by atoms with Crippen molar-refractivity contribution in [3.05, 3.63) is 29.3 Å². The van der Waals surface area contributed by atoms with Gasteiger partial charge in [0.1, 0.15) is 0 Å². The van der Waals surface area contributed by atoms with E-state index < -0.39 is 5.97 Å². The van der Waals surface area contributed by atoms with Crippen molar-refractivity contribution in [2.45, 2.75) is 19.8 Å². The number of carbonyl (C=O) groups excluding carboxylic acids is 1. The molecule has 1 aliphatic rings. The molecule has 1 saturated heterocycles. The number of carbonyl (C=O) groups is 2. The van der Waals surface area contributed by atoms with E-state index in [0.29, 0.717) is 23.7 Å². The quantitative estimate of drug-likeness (QED) is 0.794. The first kappa shape index (κ1) is 15.3. The molecule has 0 aromatic heterocycles. The lowest BCUT2D eigenvalue weighted by Crippen LogP contribution is -2.35. The highest BCUT2D eigenvalue weighted by Crippen LogP contribution is 2.16. The van der Waals surface area contributed by atoms with Crippen molar-refractivity contribution in [1.82, 2.24) is 5.32 Å². The maximum Gasteiger partial charge on any atom is 0.336 e. The standard InChI is InChI=1S/C15H20N2O4/c1-10-2-3-12(8-13(10)14(18)19)17-15(20)16-9-11-4-6-21-7-5-11/h2-3,8,11H,4-7,9H2,1H3,(H,18,19)(H2,16,17,20). The van der Waals surface area contributed by atoms with Gasteiger partial charge in [-0.3, -0.25) is 0 Å². The van der Waals surface area contributed by atoms with Gasteiger partial charge in [-0.2, -0.15) is 0 Å². The average Bonchev–Trinajstić information content (AvgIpc) is 2.48. The Morgan fingerprint density at radius 3 is 2.71 bits per heavy atom. The van der Waals surface area contributed by atoms with Gasteiger partial charge >= 0.3 is 12.0 Å². The molecule has 0 radical (unpaired) electrons. The SMILES string of the molecule is Cc1ccc(NC(=O)NCC2CCOCC2)cc1C(=O)O. The summed E-state index contributed by atoms with van der Waals surface area (Å²) in [5.74, 6) is -0.559. The molecule has 1 aliphatic heterocycles. The van der Waals surface area contributed by atoms with Gasteiger partial charge in [0.15, 0.2) is 0 Å². The first-order chi connectivity index (χ1) is 10.1. The highest BCUT2D eigenvalue weighted by molar-refractivity contribution is 5.94. The van der Waals surface area contributed by atoms with Gasteiger partial charge in [-0.1, -0.05) is 6.07 Å². The van der Waals surface area contributed by atoms with Crippen LogP contribution in [0.2, 0.25) is 0 Å². The molecule has 6 heteroatoms. The van der Waals surface area contributed by atoms with E-state index in [-0.39, 0.29) is 11.6 Å². The monoisotopic (exact) mass is 292 g/mol. The van der Waals surface area contributed by atoms with Crippen LogP contribution in [0, 0.1) is 12.8 Å². The average molecular weight is 292 g/mol. The van der Waals surface area contributed by atoms with Crippen LogP contribution in [0.25, 0.3) is 0 Å². The van der Waals surface area contributed by atoms with E-state index in [0.717, 1.165) is 26.1 Å². The number of hydrogen-bond acceptors (Lipinski definition) is 3. The van der Waals surface area contributed by atoms with Crippen LogP contribution in [-0.4, -0.2) is 36.9 Å². The van der Waals surface area contributed by atoms with Crippen LogP contribution in [0.15, 0.2) is 18.2 Å². The summed E-state index contributed by atoms with van der Waals surface area (Å²) >= 11 is 0. The molecule has 114 valence electrons. The van der Waals surface area contributed by atoms with Crippen molar-refractivity contribution in [3.63, 3.8) is 0 Å². The molecule has 0 atom stereocenters. The van der Waals surface area contributed by atoms with Crippen LogP contribution in [0.5, 0.6) is 0 Å². The zero-order valence-electron chi connectivity index (χ0n) is 12.0. The van der Waals surface area contributed by atoms with Gasteiger partial charge in [-0.15, -0.1) is 0 Å². The molecular weight excluding hydrogens is 272 g/mol. The van der Waals surface area contributed by atoms with E-state index >= 15 is 0 Å². The number of ether oxygens (including phenoxy) is 1. The van der Waals surface area contributed by atoms with Gasteiger partial charge < -0.3 is 20.5 Å². The number of hydrogen-bond donors (Lipinski definition) is 3. The van der Waals surface area contributed by atoms with Crippen LogP contribution in [0.1, 0.15) is 28.8 Å². The van der Waals surface area contributed by atoms with Crippen LogP contribution in [0.4, 0.5) is 10.5 Å². The van der Waals surface area contributed by atoms with Crippen molar-refractivity contribution in [2.75, 3.05) is 25.1 Å². The van der Waals surface area contributed by atoms with Crippen molar-refractivity contribution < 1.29 is 19.4 Å². The Bertz CT molecular complexity index is 524. The molecule has 2 amide bonds. The summed E-state index contributed by atoms with van der Waals surface area (Å²) < 4.78 is 5.27. The Morgan fingerprint density at radius 1 is 1.33 bits per heavy atom. The number of carboxylic acids is 1. The number of amides is 2. The molecule has 0 saturated carbocycles. The predicted molar refractivity (Wildman–Crippen MR) is 78.7 cm³/mol. The lowest BCUT2D eigenvalue weighted by molar-refractivity contribution is 0.0670. The van der Waals surface area contributed by atoms with E-state index in [1.165, 1.54) is 6.07 Å². The summed E-state index contributed by atoms with van der Waals surface area (Å²) in [7, 11) is 0. The minimum Gasteiger partial charge on any atom is -0.478 e. The van der Waals surface area contributed by atoms with E-state index in [2.05, 4.69) is 10.6 Å². The van der Waals surface area contributed by atoms with Crippen molar-refractivity contribution >= 4 is 17.7 Å².